The molecular weight excluding hydrogens is 447 g/mol. The van der Waals surface area contributed by atoms with Crippen molar-refractivity contribution in [1.29, 1.82) is 0 Å². The third-order valence-electron chi connectivity index (χ3n) is 5.58. The number of hydrogen-bond acceptors (Lipinski definition) is 5. The zero-order valence-electron chi connectivity index (χ0n) is 19.7. The van der Waals surface area contributed by atoms with Gasteiger partial charge in [-0.2, -0.15) is 4.39 Å². The maximum atomic E-state index is 15.0. The molecule has 4 rings (SSSR count). The fourth-order valence-electron chi connectivity index (χ4n) is 3.66. The Kier molecular flexibility index (Phi) is 6.82. The summed E-state index contributed by atoms with van der Waals surface area (Å²) in [7, 11) is 0. The number of halogens is 1. The van der Waals surface area contributed by atoms with E-state index in [9.17, 15) is 14.0 Å². The summed E-state index contributed by atoms with van der Waals surface area (Å²) in [5.41, 5.74) is 4.18. The van der Waals surface area contributed by atoms with E-state index < -0.39 is 11.8 Å². The van der Waals surface area contributed by atoms with Gasteiger partial charge in [-0.3, -0.25) is 0 Å². The lowest BCUT2D eigenvalue weighted by atomic mass is 10.0. The second-order valence-corrected chi connectivity index (χ2v) is 8.45. The first-order valence-electron chi connectivity index (χ1n) is 11.2. The van der Waals surface area contributed by atoms with Crippen LogP contribution in [0, 0.1) is 5.82 Å². The number of carbonyl (C=O) groups is 2. The predicted octanol–water partition coefficient (Wildman–Crippen LogP) is 6.93. The molecule has 3 aromatic carbocycles. The zero-order chi connectivity index (χ0) is 25.1. The van der Waals surface area contributed by atoms with E-state index in [0.29, 0.717) is 23.1 Å². The molecule has 0 saturated heterocycles. The quantitative estimate of drug-likeness (QED) is 0.120. The van der Waals surface area contributed by atoms with Crippen molar-refractivity contribution < 1.29 is 27.9 Å². The fraction of sp³-hybridized carbons (Fsp3) is 0.172. The second-order valence-electron chi connectivity index (χ2n) is 8.45. The van der Waals surface area contributed by atoms with Crippen LogP contribution in [0.25, 0.3) is 33.1 Å². The third kappa shape index (κ3) is 5.17. The highest BCUT2D eigenvalue weighted by molar-refractivity contribution is 6.06. The van der Waals surface area contributed by atoms with Crippen molar-refractivity contribution in [3.8, 4) is 16.9 Å². The number of ether oxygens (including phenoxy) is 2. The van der Waals surface area contributed by atoms with Crippen molar-refractivity contribution in [2.45, 2.75) is 26.7 Å². The molecule has 0 fully saturated rings. The molecule has 0 aliphatic carbocycles. The predicted molar refractivity (Wildman–Crippen MR) is 134 cm³/mol. The van der Waals surface area contributed by atoms with Gasteiger partial charge in [0.05, 0.1) is 6.61 Å². The number of fused-ring (bicyclic) bond motifs is 3. The minimum absolute atomic E-state index is 0.0341. The molecule has 0 saturated carbocycles. The summed E-state index contributed by atoms with van der Waals surface area (Å²) in [4.78, 5) is 23.2. The normalized spacial score (nSPS) is 10.9. The van der Waals surface area contributed by atoms with Gasteiger partial charge in [0.2, 0.25) is 5.82 Å². The Morgan fingerprint density at radius 1 is 0.886 bits per heavy atom. The molecule has 0 spiro atoms. The van der Waals surface area contributed by atoms with Crippen LogP contribution in [0.4, 0.5) is 4.39 Å². The molecule has 0 atom stereocenters. The van der Waals surface area contributed by atoms with Crippen LogP contribution in [-0.4, -0.2) is 18.5 Å². The molecular formula is C29H25FO5. The molecule has 0 bridgehead atoms. The topological polar surface area (TPSA) is 65.7 Å². The van der Waals surface area contributed by atoms with Crippen LogP contribution >= 0.6 is 0 Å². The highest BCUT2D eigenvalue weighted by Gasteiger charge is 2.18. The number of carbonyl (C=O) groups excluding carboxylic acids is 2. The summed E-state index contributed by atoms with van der Waals surface area (Å²) in [6.07, 6.45) is 1.50. The Labute approximate surface area is 202 Å². The molecule has 0 amide bonds. The largest absolute Gasteiger partial charge is 0.462 e. The molecule has 4 aromatic rings. The second kappa shape index (κ2) is 9.97. The van der Waals surface area contributed by atoms with E-state index in [-0.39, 0.29) is 22.9 Å². The number of benzene rings is 3. The average Bonchev–Trinajstić information content (AvgIpc) is 3.22. The lowest BCUT2D eigenvalue weighted by Crippen LogP contribution is -2.09. The van der Waals surface area contributed by atoms with Crippen molar-refractivity contribution in [3.63, 3.8) is 0 Å². The van der Waals surface area contributed by atoms with Crippen LogP contribution in [0.1, 0.15) is 25.8 Å². The maximum absolute atomic E-state index is 15.0. The molecule has 6 heteroatoms. The van der Waals surface area contributed by atoms with Crippen LogP contribution in [0.15, 0.2) is 83.3 Å². The highest BCUT2D eigenvalue weighted by atomic mass is 19.1. The number of hydrogen-bond donors (Lipinski definition) is 0. The Hall–Kier alpha value is -4.19. The van der Waals surface area contributed by atoms with Gasteiger partial charge in [-0.1, -0.05) is 43.5 Å². The number of rotatable bonds is 8. The van der Waals surface area contributed by atoms with E-state index in [1.807, 2.05) is 42.5 Å². The minimum Gasteiger partial charge on any atom is -0.462 e. The van der Waals surface area contributed by atoms with Crippen LogP contribution in [0.3, 0.4) is 0 Å². The SMILES string of the molecule is C=C(C)C(=O)OCCCc1ccc(-c2ccc3c(c2)oc2c(F)c(OC(=O)C(=C)C)ccc23)cc1. The molecule has 0 aliphatic heterocycles. The highest BCUT2D eigenvalue weighted by Crippen LogP contribution is 2.36. The van der Waals surface area contributed by atoms with Crippen molar-refractivity contribution in [2.24, 2.45) is 0 Å². The van der Waals surface area contributed by atoms with Crippen molar-refractivity contribution in [2.75, 3.05) is 6.61 Å². The van der Waals surface area contributed by atoms with Crippen LogP contribution in [0.5, 0.6) is 5.75 Å². The Morgan fingerprint density at radius 2 is 1.54 bits per heavy atom. The zero-order valence-corrected chi connectivity index (χ0v) is 19.7. The summed E-state index contributed by atoms with van der Waals surface area (Å²) in [6, 6.07) is 16.9. The van der Waals surface area contributed by atoms with E-state index in [2.05, 4.69) is 13.2 Å². The van der Waals surface area contributed by atoms with Crippen molar-refractivity contribution in [3.05, 3.63) is 90.3 Å². The molecule has 178 valence electrons. The summed E-state index contributed by atoms with van der Waals surface area (Å²) >= 11 is 0. The van der Waals surface area contributed by atoms with E-state index in [1.165, 1.54) is 13.0 Å². The number of esters is 2. The molecule has 0 aliphatic rings. The van der Waals surface area contributed by atoms with Crippen LogP contribution in [0.2, 0.25) is 0 Å². The molecule has 0 radical (unpaired) electrons. The van der Waals surface area contributed by atoms with E-state index in [1.54, 1.807) is 13.0 Å². The standard InChI is InChI=1S/C29H25FO5/c1-17(2)28(31)33-15-5-6-19-7-9-20(10-8-19)21-11-12-22-23-13-14-24(35-29(32)18(3)4)26(30)27(23)34-25(22)16-21/h7-14,16H,1,3,5-6,15H2,2,4H3. The van der Waals surface area contributed by atoms with Gasteiger partial charge in [-0.15, -0.1) is 0 Å². The minimum atomic E-state index is -0.729. The number of furan rings is 1. The lowest BCUT2D eigenvalue weighted by Gasteiger charge is -2.06. The van der Waals surface area contributed by atoms with E-state index >= 15 is 0 Å². The summed E-state index contributed by atoms with van der Waals surface area (Å²) < 4.78 is 31.0. The molecule has 35 heavy (non-hydrogen) atoms. The third-order valence-corrected chi connectivity index (χ3v) is 5.58. The summed E-state index contributed by atoms with van der Waals surface area (Å²) in [6.45, 7) is 10.5. The first kappa shape index (κ1) is 24.0. The summed E-state index contributed by atoms with van der Waals surface area (Å²) in [5.74, 6) is -1.99. The van der Waals surface area contributed by atoms with Crippen molar-refractivity contribution >= 4 is 33.9 Å². The van der Waals surface area contributed by atoms with Gasteiger partial charge in [0, 0.05) is 21.9 Å². The smallest absolute Gasteiger partial charge is 0.338 e. The molecule has 1 aromatic heterocycles. The average molecular weight is 473 g/mol. The van der Waals surface area contributed by atoms with Crippen LogP contribution < -0.4 is 4.74 Å². The Morgan fingerprint density at radius 3 is 2.23 bits per heavy atom. The Bertz CT molecular complexity index is 1460. The van der Waals surface area contributed by atoms with Gasteiger partial charge < -0.3 is 13.9 Å². The van der Waals surface area contributed by atoms with Gasteiger partial charge in [0.25, 0.3) is 0 Å². The number of aryl methyl sites for hydroxylation is 1. The van der Waals surface area contributed by atoms with E-state index in [4.69, 9.17) is 13.9 Å². The van der Waals surface area contributed by atoms with Crippen LogP contribution in [-0.2, 0) is 20.7 Å². The molecule has 5 nitrogen and oxygen atoms in total. The summed E-state index contributed by atoms with van der Waals surface area (Å²) in [5, 5.41) is 1.36. The Balaban J connectivity index is 1.52. The fourth-order valence-corrected chi connectivity index (χ4v) is 3.66. The van der Waals surface area contributed by atoms with Gasteiger partial charge in [0.1, 0.15) is 5.58 Å². The molecule has 0 unspecified atom stereocenters. The van der Waals surface area contributed by atoms with Crippen molar-refractivity contribution in [1.82, 2.24) is 0 Å². The van der Waals surface area contributed by atoms with Gasteiger partial charge in [-0.25, -0.2) is 9.59 Å². The van der Waals surface area contributed by atoms with Gasteiger partial charge in [0.15, 0.2) is 11.3 Å². The van der Waals surface area contributed by atoms with E-state index in [0.717, 1.165) is 34.9 Å². The first-order chi connectivity index (χ1) is 16.7. The molecule has 0 N–H and O–H groups in total. The monoisotopic (exact) mass is 472 g/mol. The lowest BCUT2D eigenvalue weighted by molar-refractivity contribution is -0.139. The molecule has 1 heterocycles. The first-order valence-corrected chi connectivity index (χ1v) is 11.2. The maximum Gasteiger partial charge on any atom is 0.338 e. The van der Waals surface area contributed by atoms with Gasteiger partial charge in [-0.05, 0) is 67.6 Å². The van der Waals surface area contributed by atoms with Gasteiger partial charge >= 0.3 is 11.9 Å².